The van der Waals surface area contributed by atoms with E-state index in [1.54, 1.807) is 18.3 Å². The van der Waals surface area contributed by atoms with Gasteiger partial charge >= 0.3 is 0 Å². The predicted molar refractivity (Wildman–Crippen MR) is 96.6 cm³/mol. The van der Waals surface area contributed by atoms with Crippen molar-refractivity contribution in [1.82, 2.24) is 14.7 Å². The number of imidazole rings is 1. The van der Waals surface area contributed by atoms with Crippen LogP contribution in [0.5, 0.6) is 5.75 Å². The normalized spacial score (nSPS) is 12.0. The number of carbonyl (C=O) groups excluding carboxylic acids is 2. The van der Waals surface area contributed by atoms with E-state index in [1.165, 1.54) is 12.1 Å². The molecule has 0 fully saturated rings. The maximum atomic E-state index is 12.4. The van der Waals surface area contributed by atoms with E-state index in [2.05, 4.69) is 10.3 Å². The Morgan fingerprint density at radius 1 is 1.27 bits per heavy atom. The van der Waals surface area contributed by atoms with Crippen molar-refractivity contribution in [2.45, 2.75) is 25.8 Å². The number of nitrogens with one attached hydrogen (secondary N) is 1. The molecule has 2 aromatic heterocycles. The van der Waals surface area contributed by atoms with Gasteiger partial charge in [-0.2, -0.15) is 0 Å². The Hall–Kier alpha value is -3.35. The highest BCUT2D eigenvalue weighted by Crippen LogP contribution is 2.13. The Balaban J connectivity index is 1.70. The van der Waals surface area contributed by atoms with E-state index >= 15 is 0 Å². The minimum atomic E-state index is -0.826. The number of rotatable bonds is 6. The molecule has 0 saturated carbocycles. The molecule has 26 heavy (non-hydrogen) atoms. The highest BCUT2D eigenvalue weighted by atomic mass is 16.3. The number of amides is 2. The molecule has 0 aliphatic rings. The van der Waals surface area contributed by atoms with Crippen LogP contribution >= 0.6 is 0 Å². The van der Waals surface area contributed by atoms with Crippen LogP contribution in [0.15, 0.2) is 48.8 Å². The van der Waals surface area contributed by atoms with Gasteiger partial charge in [0, 0.05) is 18.8 Å². The molecular weight excluding hydrogens is 332 g/mol. The first-order valence-electron chi connectivity index (χ1n) is 8.22. The molecule has 0 unspecified atom stereocenters. The summed E-state index contributed by atoms with van der Waals surface area (Å²) in [5.41, 5.74) is 8.76. The monoisotopic (exact) mass is 352 g/mol. The minimum Gasteiger partial charge on any atom is -0.508 e. The number of fused-ring (bicyclic) bond motifs is 1. The molecule has 1 atom stereocenters. The van der Waals surface area contributed by atoms with Crippen molar-refractivity contribution in [3.63, 3.8) is 0 Å². The zero-order chi connectivity index (χ0) is 18.7. The molecule has 3 rings (SSSR count). The Bertz CT molecular complexity index is 947. The molecule has 0 bridgehead atoms. The van der Waals surface area contributed by atoms with E-state index in [4.69, 9.17) is 5.73 Å². The topological polar surface area (TPSA) is 110 Å². The largest absolute Gasteiger partial charge is 0.508 e. The lowest BCUT2D eigenvalue weighted by Gasteiger charge is -2.15. The third-order valence-corrected chi connectivity index (χ3v) is 4.20. The quantitative estimate of drug-likeness (QED) is 0.617. The number of benzene rings is 1. The fraction of sp³-hybridized carbons (Fsp3) is 0.211. The number of pyridine rings is 1. The maximum absolute atomic E-state index is 12.4. The van der Waals surface area contributed by atoms with E-state index < -0.39 is 11.9 Å². The summed E-state index contributed by atoms with van der Waals surface area (Å²) in [7, 11) is 0. The summed E-state index contributed by atoms with van der Waals surface area (Å²) >= 11 is 0. The number of aryl methyl sites for hydroxylation is 1. The van der Waals surface area contributed by atoms with Gasteiger partial charge in [-0.25, -0.2) is 4.98 Å². The number of hydrogen-bond acceptors (Lipinski definition) is 4. The van der Waals surface area contributed by atoms with Crippen LogP contribution in [-0.2, 0) is 22.4 Å². The summed E-state index contributed by atoms with van der Waals surface area (Å²) < 4.78 is 1.86. The molecule has 3 aromatic rings. The van der Waals surface area contributed by atoms with E-state index in [0.717, 1.165) is 22.5 Å². The van der Waals surface area contributed by atoms with Crippen LogP contribution in [0.3, 0.4) is 0 Å². The van der Waals surface area contributed by atoms with Crippen molar-refractivity contribution in [3.8, 4) is 5.75 Å². The Labute approximate surface area is 150 Å². The number of nitrogens with zero attached hydrogens (tertiary/aromatic N) is 2. The molecule has 0 aliphatic heterocycles. The van der Waals surface area contributed by atoms with Gasteiger partial charge in [-0.05, 0) is 36.2 Å². The lowest BCUT2D eigenvalue weighted by molar-refractivity contribution is -0.127. The zero-order valence-electron chi connectivity index (χ0n) is 14.3. The van der Waals surface area contributed by atoms with Crippen LogP contribution in [-0.4, -0.2) is 32.3 Å². The average molecular weight is 352 g/mol. The fourth-order valence-corrected chi connectivity index (χ4v) is 2.83. The number of phenolic OH excluding ortho intramolecular Hbond substituents is 1. The van der Waals surface area contributed by atoms with Gasteiger partial charge in [0.1, 0.15) is 17.4 Å². The van der Waals surface area contributed by atoms with Crippen molar-refractivity contribution in [2.75, 3.05) is 0 Å². The Kier molecular flexibility index (Phi) is 4.88. The molecule has 0 aliphatic carbocycles. The van der Waals surface area contributed by atoms with Crippen molar-refractivity contribution in [3.05, 3.63) is 65.6 Å². The first-order valence-corrected chi connectivity index (χ1v) is 8.22. The number of primary amides is 1. The molecule has 7 nitrogen and oxygen atoms in total. The van der Waals surface area contributed by atoms with Crippen LogP contribution in [0.1, 0.15) is 16.8 Å². The molecule has 0 radical (unpaired) electrons. The van der Waals surface area contributed by atoms with Crippen LogP contribution in [0.2, 0.25) is 0 Å². The van der Waals surface area contributed by atoms with Crippen molar-refractivity contribution < 1.29 is 14.7 Å². The van der Waals surface area contributed by atoms with Gasteiger partial charge in [0.25, 0.3) is 0 Å². The van der Waals surface area contributed by atoms with Gasteiger partial charge in [0.15, 0.2) is 0 Å². The summed E-state index contributed by atoms with van der Waals surface area (Å²) in [5.74, 6) is -0.785. The second kappa shape index (κ2) is 7.26. The molecular formula is C19H20N4O3. The molecule has 2 amide bonds. The lowest BCUT2D eigenvalue weighted by atomic mass is 10.0. The summed E-state index contributed by atoms with van der Waals surface area (Å²) in [4.78, 5) is 28.4. The van der Waals surface area contributed by atoms with Gasteiger partial charge in [-0.1, -0.05) is 18.2 Å². The van der Waals surface area contributed by atoms with Gasteiger partial charge in [-0.15, -0.1) is 0 Å². The molecule has 4 N–H and O–H groups in total. The van der Waals surface area contributed by atoms with E-state index in [0.29, 0.717) is 0 Å². The van der Waals surface area contributed by atoms with Crippen LogP contribution < -0.4 is 11.1 Å². The van der Waals surface area contributed by atoms with Gasteiger partial charge in [0.05, 0.1) is 12.1 Å². The second-order valence-corrected chi connectivity index (χ2v) is 6.20. The molecule has 7 heteroatoms. The molecule has 134 valence electrons. The number of aromatic nitrogens is 2. The van der Waals surface area contributed by atoms with Gasteiger partial charge in [0.2, 0.25) is 11.8 Å². The molecule has 2 heterocycles. The molecule has 0 saturated heterocycles. The average Bonchev–Trinajstić information content (AvgIpc) is 3.00. The standard InChI is InChI=1S/C19H20N4O3/c1-12-3-2-8-23-14(11-21-19(12)23)10-17(25)22-16(18(20)26)9-13-4-6-15(24)7-5-13/h2-8,11,16,24H,9-10H2,1H3,(H2,20,26)(H,22,25)/t16-/m0/s1. The van der Waals surface area contributed by atoms with Crippen molar-refractivity contribution in [1.29, 1.82) is 0 Å². The first kappa shape index (κ1) is 17.5. The number of carbonyl (C=O) groups is 2. The van der Waals surface area contributed by atoms with Crippen LogP contribution in [0.25, 0.3) is 5.65 Å². The van der Waals surface area contributed by atoms with Crippen molar-refractivity contribution >= 4 is 17.5 Å². The SMILES string of the molecule is Cc1cccn2c(CC(=O)N[C@@H](Cc3ccc(O)cc3)C(N)=O)cnc12. The second-order valence-electron chi connectivity index (χ2n) is 6.20. The lowest BCUT2D eigenvalue weighted by Crippen LogP contribution is -2.46. The minimum absolute atomic E-state index is 0.0873. The number of phenols is 1. The third-order valence-electron chi connectivity index (χ3n) is 4.20. The number of nitrogens with two attached hydrogens (primary N) is 1. The highest BCUT2D eigenvalue weighted by Gasteiger charge is 2.19. The summed E-state index contributed by atoms with van der Waals surface area (Å²) in [6.45, 7) is 1.95. The summed E-state index contributed by atoms with van der Waals surface area (Å²) in [6.07, 6.45) is 3.85. The van der Waals surface area contributed by atoms with E-state index in [1.807, 2.05) is 29.7 Å². The predicted octanol–water partition coefficient (Wildman–Crippen LogP) is 1.10. The first-order chi connectivity index (χ1) is 12.4. The maximum Gasteiger partial charge on any atom is 0.240 e. The van der Waals surface area contributed by atoms with Crippen LogP contribution in [0.4, 0.5) is 0 Å². The Morgan fingerprint density at radius 2 is 2.00 bits per heavy atom. The third kappa shape index (κ3) is 3.83. The summed E-state index contributed by atoms with van der Waals surface area (Å²) in [5, 5.41) is 12.0. The molecule has 1 aromatic carbocycles. The van der Waals surface area contributed by atoms with E-state index in [9.17, 15) is 14.7 Å². The van der Waals surface area contributed by atoms with Gasteiger partial charge < -0.3 is 20.6 Å². The van der Waals surface area contributed by atoms with Gasteiger partial charge in [-0.3, -0.25) is 9.59 Å². The summed E-state index contributed by atoms with van der Waals surface area (Å²) in [6, 6.07) is 9.43. The van der Waals surface area contributed by atoms with Crippen molar-refractivity contribution in [2.24, 2.45) is 5.73 Å². The zero-order valence-corrected chi connectivity index (χ0v) is 14.3. The smallest absolute Gasteiger partial charge is 0.240 e. The van der Waals surface area contributed by atoms with E-state index in [-0.39, 0.29) is 24.5 Å². The Morgan fingerprint density at radius 3 is 2.69 bits per heavy atom. The molecule has 0 spiro atoms. The highest BCUT2D eigenvalue weighted by molar-refractivity contribution is 5.87. The number of aromatic hydroxyl groups is 1. The fourth-order valence-electron chi connectivity index (χ4n) is 2.83. The van der Waals surface area contributed by atoms with Crippen LogP contribution in [0, 0.1) is 6.92 Å². The number of hydrogen-bond donors (Lipinski definition) is 3.